The van der Waals surface area contributed by atoms with Gasteiger partial charge in [-0.3, -0.25) is 0 Å². The summed E-state index contributed by atoms with van der Waals surface area (Å²) in [7, 11) is 0. The van der Waals surface area contributed by atoms with E-state index in [1.165, 1.54) is 0 Å². The van der Waals surface area contributed by atoms with E-state index < -0.39 is 5.60 Å². The first-order valence-corrected chi connectivity index (χ1v) is 7.06. The van der Waals surface area contributed by atoms with Gasteiger partial charge in [-0.05, 0) is 40.5 Å². The molecule has 1 amide bonds. The second-order valence-corrected chi connectivity index (χ2v) is 6.51. The Kier molecular flexibility index (Phi) is 4.36. The summed E-state index contributed by atoms with van der Waals surface area (Å²) in [6.45, 7) is 9.47. The van der Waals surface area contributed by atoms with Crippen LogP contribution in [-0.4, -0.2) is 48.7 Å². The molecule has 19 heavy (non-hydrogen) atoms. The molecule has 3 unspecified atom stereocenters. The molecule has 0 N–H and O–H groups in total. The molecular formula is C14H25NO4. The lowest BCUT2D eigenvalue weighted by molar-refractivity contribution is -0.0185. The minimum Gasteiger partial charge on any atom is -0.444 e. The zero-order valence-electron chi connectivity index (χ0n) is 12.3. The number of likely N-dealkylation sites (tertiary alicyclic amines) is 1. The Hall–Kier alpha value is -0.810. The lowest BCUT2D eigenvalue weighted by atomic mass is 9.89. The minimum absolute atomic E-state index is 0.123. The number of piperidine rings is 1. The molecule has 110 valence electrons. The van der Waals surface area contributed by atoms with Gasteiger partial charge in [-0.1, -0.05) is 0 Å². The molecule has 0 spiro atoms. The quantitative estimate of drug-likeness (QED) is 0.734. The minimum atomic E-state index is -0.448. The van der Waals surface area contributed by atoms with E-state index in [4.69, 9.17) is 14.2 Å². The third-order valence-corrected chi connectivity index (χ3v) is 3.72. The highest BCUT2D eigenvalue weighted by molar-refractivity contribution is 5.68. The molecule has 2 rings (SSSR count). The number of amides is 1. The van der Waals surface area contributed by atoms with E-state index in [9.17, 15) is 4.79 Å². The lowest BCUT2D eigenvalue weighted by Gasteiger charge is -2.39. The largest absolute Gasteiger partial charge is 0.444 e. The molecule has 0 saturated carbocycles. The van der Waals surface area contributed by atoms with Gasteiger partial charge >= 0.3 is 6.09 Å². The summed E-state index contributed by atoms with van der Waals surface area (Å²) in [6.07, 6.45) is 1.97. The van der Waals surface area contributed by atoms with Crippen LogP contribution in [0.3, 0.4) is 0 Å². The molecule has 0 radical (unpaired) electrons. The van der Waals surface area contributed by atoms with E-state index >= 15 is 0 Å². The van der Waals surface area contributed by atoms with Crippen LogP contribution in [0.25, 0.3) is 0 Å². The van der Waals surface area contributed by atoms with Crippen LogP contribution >= 0.6 is 0 Å². The zero-order valence-corrected chi connectivity index (χ0v) is 12.3. The SMILES string of the molecule is CC1CCC(C2COCO2)CN1C(=O)OC(C)(C)C. The number of hydrogen-bond acceptors (Lipinski definition) is 4. The molecule has 2 aliphatic heterocycles. The third kappa shape index (κ3) is 3.83. The van der Waals surface area contributed by atoms with Crippen LogP contribution in [0.2, 0.25) is 0 Å². The fraction of sp³-hybridized carbons (Fsp3) is 0.929. The van der Waals surface area contributed by atoms with E-state index in [0.717, 1.165) is 12.8 Å². The van der Waals surface area contributed by atoms with Gasteiger partial charge in [-0.25, -0.2) is 4.79 Å². The second kappa shape index (κ2) is 5.67. The van der Waals surface area contributed by atoms with Gasteiger partial charge < -0.3 is 19.1 Å². The Morgan fingerprint density at radius 1 is 1.32 bits per heavy atom. The van der Waals surface area contributed by atoms with Gasteiger partial charge in [0, 0.05) is 18.5 Å². The highest BCUT2D eigenvalue weighted by Crippen LogP contribution is 2.28. The normalized spacial score (nSPS) is 32.4. The van der Waals surface area contributed by atoms with Crippen molar-refractivity contribution in [3.63, 3.8) is 0 Å². The standard InChI is InChI=1S/C14H25NO4/c1-10-5-6-11(12-8-17-9-18-12)7-15(10)13(16)19-14(2,3)4/h10-12H,5-9H2,1-4H3. The topological polar surface area (TPSA) is 48.0 Å². The Bertz CT molecular complexity index is 320. The molecular weight excluding hydrogens is 246 g/mol. The van der Waals surface area contributed by atoms with Gasteiger partial charge in [-0.15, -0.1) is 0 Å². The van der Waals surface area contributed by atoms with Gasteiger partial charge in [0.05, 0.1) is 12.7 Å². The maximum Gasteiger partial charge on any atom is 0.410 e. The summed E-state index contributed by atoms with van der Waals surface area (Å²) in [6, 6.07) is 0.230. The van der Waals surface area contributed by atoms with Crippen LogP contribution in [0.4, 0.5) is 4.79 Å². The number of ether oxygens (including phenoxy) is 3. The molecule has 3 atom stereocenters. The van der Waals surface area contributed by atoms with Gasteiger partial charge in [0.25, 0.3) is 0 Å². The van der Waals surface area contributed by atoms with Gasteiger partial charge in [0.2, 0.25) is 0 Å². The van der Waals surface area contributed by atoms with Crippen LogP contribution in [0, 0.1) is 5.92 Å². The van der Waals surface area contributed by atoms with Crippen molar-refractivity contribution in [2.24, 2.45) is 5.92 Å². The predicted octanol–water partition coefficient (Wildman–Crippen LogP) is 2.39. The summed E-state index contributed by atoms with van der Waals surface area (Å²) >= 11 is 0. The van der Waals surface area contributed by atoms with Gasteiger partial charge in [0.1, 0.15) is 12.4 Å². The van der Waals surface area contributed by atoms with Crippen molar-refractivity contribution in [3.8, 4) is 0 Å². The monoisotopic (exact) mass is 271 g/mol. The van der Waals surface area contributed by atoms with Crippen LogP contribution in [0.15, 0.2) is 0 Å². The number of rotatable bonds is 1. The summed E-state index contributed by atoms with van der Waals surface area (Å²) in [5.74, 6) is 0.353. The zero-order chi connectivity index (χ0) is 14.0. The summed E-state index contributed by atoms with van der Waals surface area (Å²) in [5, 5.41) is 0. The maximum atomic E-state index is 12.2. The molecule has 0 aromatic heterocycles. The molecule has 0 aromatic carbocycles. The molecule has 2 heterocycles. The van der Waals surface area contributed by atoms with Crippen molar-refractivity contribution < 1.29 is 19.0 Å². The summed E-state index contributed by atoms with van der Waals surface area (Å²) in [5.41, 5.74) is -0.448. The molecule has 0 aromatic rings. The van der Waals surface area contributed by atoms with Crippen molar-refractivity contribution in [2.45, 2.75) is 58.3 Å². The van der Waals surface area contributed by atoms with E-state index in [1.54, 1.807) is 0 Å². The van der Waals surface area contributed by atoms with Gasteiger partial charge in [0.15, 0.2) is 0 Å². The molecule has 2 fully saturated rings. The fourth-order valence-corrected chi connectivity index (χ4v) is 2.63. The third-order valence-electron chi connectivity index (χ3n) is 3.72. The van der Waals surface area contributed by atoms with Crippen molar-refractivity contribution in [2.75, 3.05) is 19.9 Å². The molecule has 5 nitrogen and oxygen atoms in total. The highest BCUT2D eigenvalue weighted by atomic mass is 16.7. The Morgan fingerprint density at radius 2 is 2.05 bits per heavy atom. The molecule has 0 bridgehead atoms. The highest BCUT2D eigenvalue weighted by Gasteiger charge is 2.37. The maximum absolute atomic E-state index is 12.2. The molecule has 0 aliphatic carbocycles. The number of carbonyl (C=O) groups excluding carboxylic acids is 1. The predicted molar refractivity (Wildman–Crippen MR) is 70.8 cm³/mol. The first kappa shape index (κ1) is 14.6. The van der Waals surface area contributed by atoms with E-state index in [2.05, 4.69) is 6.92 Å². The van der Waals surface area contributed by atoms with Crippen LogP contribution in [-0.2, 0) is 14.2 Å². The van der Waals surface area contributed by atoms with Gasteiger partial charge in [-0.2, -0.15) is 0 Å². The number of nitrogens with zero attached hydrogens (tertiary/aromatic N) is 1. The summed E-state index contributed by atoms with van der Waals surface area (Å²) in [4.78, 5) is 14.1. The van der Waals surface area contributed by atoms with Crippen molar-refractivity contribution in [1.29, 1.82) is 0 Å². The average molecular weight is 271 g/mol. The van der Waals surface area contributed by atoms with Crippen LogP contribution < -0.4 is 0 Å². The van der Waals surface area contributed by atoms with Crippen molar-refractivity contribution >= 4 is 6.09 Å². The first-order valence-electron chi connectivity index (χ1n) is 7.06. The first-order chi connectivity index (χ1) is 8.87. The van der Waals surface area contributed by atoms with Crippen molar-refractivity contribution in [3.05, 3.63) is 0 Å². The van der Waals surface area contributed by atoms with Crippen LogP contribution in [0.5, 0.6) is 0 Å². The summed E-state index contributed by atoms with van der Waals surface area (Å²) < 4.78 is 16.3. The molecule has 5 heteroatoms. The van der Waals surface area contributed by atoms with E-state index in [1.807, 2.05) is 25.7 Å². The van der Waals surface area contributed by atoms with E-state index in [-0.39, 0.29) is 18.2 Å². The smallest absolute Gasteiger partial charge is 0.410 e. The Morgan fingerprint density at radius 3 is 2.63 bits per heavy atom. The van der Waals surface area contributed by atoms with Crippen LogP contribution in [0.1, 0.15) is 40.5 Å². The number of hydrogen-bond donors (Lipinski definition) is 0. The average Bonchev–Trinajstić information content (AvgIpc) is 2.80. The fourth-order valence-electron chi connectivity index (χ4n) is 2.63. The number of carbonyl (C=O) groups is 1. The lowest BCUT2D eigenvalue weighted by Crippen LogP contribution is -2.50. The Balaban J connectivity index is 1.95. The second-order valence-electron chi connectivity index (χ2n) is 6.51. The van der Waals surface area contributed by atoms with E-state index in [0.29, 0.717) is 25.9 Å². The Labute approximate surface area is 115 Å². The van der Waals surface area contributed by atoms with Crippen molar-refractivity contribution in [1.82, 2.24) is 4.90 Å². The molecule has 2 saturated heterocycles. The molecule has 2 aliphatic rings.